The zero-order valence-electron chi connectivity index (χ0n) is 17.0. The van der Waals surface area contributed by atoms with Crippen molar-refractivity contribution in [3.63, 3.8) is 0 Å². The molecule has 1 amide bonds. The molecule has 0 unspecified atom stereocenters. The monoisotopic (exact) mass is 411 g/mol. The van der Waals surface area contributed by atoms with E-state index in [1.807, 2.05) is 24.3 Å². The van der Waals surface area contributed by atoms with Gasteiger partial charge in [-0.3, -0.25) is 14.2 Å². The summed E-state index contributed by atoms with van der Waals surface area (Å²) in [5.74, 6) is 0.924. The minimum absolute atomic E-state index is 0.0124. The molecule has 4 rings (SSSR count). The molecule has 6 heteroatoms. The molecule has 2 aliphatic rings. The van der Waals surface area contributed by atoms with E-state index < -0.39 is 0 Å². The Balaban J connectivity index is 1.52. The zero-order chi connectivity index (χ0) is 20.2. The molecule has 2 aromatic rings. The molecule has 1 N–H and O–H groups in total. The minimum Gasteiger partial charge on any atom is -0.353 e. The van der Waals surface area contributed by atoms with Gasteiger partial charge in [-0.25, -0.2) is 4.98 Å². The van der Waals surface area contributed by atoms with Crippen LogP contribution in [0, 0.1) is 5.92 Å². The standard InChI is InChI=1S/C23H29N3O2S/c1-16(18-11-12-18)24-21(27)15-29-23-25-20-10-6-5-9-19(20)22(28)26(23)14-13-17-7-3-2-4-8-17/h5-7,9-10,16,18H,2-4,8,11-15H2,1H3,(H,24,27)/t16-/m1/s1. The number of para-hydroxylation sites is 1. The first-order valence-electron chi connectivity index (χ1n) is 10.7. The predicted molar refractivity (Wildman–Crippen MR) is 118 cm³/mol. The van der Waals surface area contributed by atoms with E-state index in [1.165, 1.54) is 43.0 Å². The van der Waals surface area contributed by atoms with Crippen LogP contribution in [0.15, 0.2) is 45.9 Å². The quantitative estimate of drug-likeness (QED) is 0.400. The van der Waals surface area contributed by atoms with Crippen LogP contribution in [0.3, 0.4) is 0 Å². The van der Waals surface area contributed by atoms with Crippen LogP contribution in [0.5, 0.6) is 0 Å². The third-order valence-corrected chi connectivity index (χ3v) is 6.89. The van der Waals surface area contributed by atoms with Crippen molar-refractivity contribution in [2.75, 3.05) is 5.75 Å². The lowest BCUT2D eigenvalue weighted by Crippen LogP contribution is -2.35. The largest absolute Gasteiger partial charge is 0.353 e. The van der Waals surface area contributed by atoms with Crippen LogP contribution in [0.4, 0.5) is 0 Å². The lowest BCUT2D eigenvalue weighted by Gasteiger charge is -2.17. The fourth-order valence-corrected chi connectivity index (χ4v) is 4.82. The van der Waals surface area contributed by atoms with Gasteiger partial charge in [0.1, 0.15) is 0 Å². The molecule has 1 aromatic carbocycles. The number of amides is 1. The van der Waals surface area contributed by atoms with E-state index in [1.54, 1.807) is 4.57 Å². The average Bonchev–Trinajstić information content (AvgIpc) is 3.58. The summed E-state index contributed by atoms with van der Waals surface area (Å²) in [6.07, 6.45) is 10.4. The lowest BCUT2D eigenvalue weighted by atomic mass is 9.97. The Kier molecular flexibility index (Phi) is 6.38. The number of nitrogens with one attached hydrogen (secondary N) is 1. The molecule has 1 aromatic heterocycles. The maximum Gasteiger partial charge on any atom is 0.262 e. The SMILES string of the molecule is C[C@@H](NC(=O)CSc1nc2ccccc2c(=O)n1CCC1=CCCCC1)C1CC1. The Morgan fingerprint density at radius 1 is 1.31 bits per heavy atom. The van der Waals surface area contributed by atoms with Crippen molar-refractivity contribution in [3.05, 3.63) is 46.3 Å². The van der Waals surface area contributed by atoms with E-state index in [0.29, 0.717) is 28.5 Å². The molecule has 1 fully saturated rings. The van der Waals surface area contributed by atoms with Gasteiger partial charge in [-0.2, -0.15) is 0 Å². The van der Waals surface area contributed by atoms with Crippen molar-refractivity contribution >= 4 is 28.6 Å². The van der Waals surface area contributed by atoms with Gasteiger partial charge in [0.15, 0.2) is 5.16 Å². The molecule has 5 nitrogen and oxygen atoms in total. The predicted octanol–water partition coefficient (Wildman–Crippen LogP) is 4.29. The maximum absolute atomic E-state index is 13.1. The Hall–Kier alpha value is -2.08. The van der Waals surface area contributed by atoms with Gasteiger partial charge >= 0.3 is 0 Å². The first-order chi connectivity index (χ1) is 14.1. The van der Waals surface area contributed by atoms with Gasteiger partial charge in [0.25, 0.3) is 5.56 Å². The molecule has 1 saturated carbocycles. The molecule has 154 valence electrons. The van der Waals surface area contributed by atoms with Crippen molar-refractivity contribution in [2.45, 2.75) is 69.6 Å². The zero-order valence-corrected chi connectivity index (χ0v) is 17.8. The first-order valence-corrected chi connectivity index (χ1v) is 11.7. The van der Waals surface area contributed by atoms with Crippen LogP contribution in [-0.2, 0) is 11.3 Å². The van der Waals surface area contributed by atoms with Crippen LogP contribution in [0.2, 0.25) is 0 Å². The van der Waals surface area contributed by atoms with Crippen LogP contribution in [-0.4, -0.2) is 27.3 Å². The van der Waals surface area contributed by atoms with E-state index in [4.69, 9.17) is 4.98 Å². The Morgan fingerprint density at radius 3 is 2.90 bits per heavy atom. The summed E-state index contributed by atoms with van der Waals surface area (Å²) >= 11 is 1.37. The highest BCUT2D eigenvalue weighted by molar-refractivity contribution is 7.99. The Labute approximate surface area is 176 Å². The van der Waals surface area contributed by atoms with Gasteiger partial charge in [0.05, 0.1) is 16.7 Å². The van der Waals surface area contributed by atoms with Crippen molar-refractivity contribution in [3.8, 4) is 0 Å². The maximum atomic E-state index is 13.1. The van der Waals surface area contributed by atoms with Crippen molar-refractivity contribution in [1.82, 2.24) is 14.9 Å². The number of fused-ring (bicyclic) bond motifs is 1. The van der Waals surface area contributed by atoms with Crippen LogP contribution >= 0.6 is 11.8 Å². The topological polar surface area (TPSA) is 64.0 Å². The number of carbonyl (C=O) groups excluding carboxylic acids is 1. The second kappa shape index (κ2) is 9.16. The highest BCUT2D eigenvalue weighted by atomic mass is 32.2. The highest BCUT2D eigenvalue weighted by Gasteiger charge is 2.28. The Bertz CT molecular complexity index is 978. The molecule has 0 aliphatic heterocycles. The third-order valence-electron chi connectivity index (χ3n) is 5.92. The summed E-state index contributed by atoms with van der Waals surface area (Å²) < 4.78 is 1.76. The number of allylic oxidation sites excluding steroid dienone is 2. The van der Waals surface area contributed by atoms with Gasteiger partial charge in [-0.1, -0.05) is 35.5 Å². The number of benzene rings is 1. The molecular formula is C23H29N3O2S. The first kappa shape index (κ1) is 20.2. The highest BCUT2D eigenvalue weighted by Crippen LogP contribution is 2.32. The van der Waals surface area contributed by atoms with E-state index in [9.17, 15) is 9.59 Å². The third kappa shape index (κ3) is 5.10. The summed E-state index contributed by atoms with van der Waals surface area (Å²) in [4.78, 5) is 30.2. The number of aromatic nitrogens is 2. The smallest absolute Gasteiger partial charge is 0.262 e. The van der Waals surface area contributed by atoms with Gasteiger partial charge in [-0.05, 0) is 69.9 Å². The van der Waals surface area contributed by atoms with Gasteiger partial charge < -0.3 is 5.32 Å². The number of nitrogens with zero attached hydrogens (tertiary/aromatic N) is 2. The number of carbonyl (C=O) groups is 1. The summed E-state index contributed by atoms with van der Waals surface area (Å²) in [6, 6.07) is 7.69. The van der Waals surface area contributed by atoms with E-state index in [2.05, 4.69) is 18.3 Å². The second-order valence-electron chi connectivity index (χ2n) is 8.21. The molecule has 29 heavy (non-hydrogen) atoms. The molecule has 0 radical (unpaired) electrons. The lowest BCUT2D eigenvalue weighted by molar-refractivity contribution is -0.119. The Morgan fingerprint density at radius 2 is 2.14 bits per heavy atom. The van der Waals surface area contributed by atoms with Crippen molar-refractivity contribution in [1.29, 1.82) is 0 Å². The number of hydrogen-bond acceptors (Lipinski definition) is 4. The van der Waals surface area contributed by atoms with E-state index in [0.717, 1.165) is 19.3 Å². The van der Waals surface area contributed by atoms with Crippen LogP contribution < -0.4 is 10.9 Å². The number of rotatable bonds is 8. The minimum atomic E-state index is -0.0127. The number of thioether (sulfide) groups is 1. The average molecular weight is 412 g/mol. The fraction of sp³-hybridized carbons (Fsp3) is 0.522. The molecule has 0 bridgehead atoms. The van der Waals surface area contributed by atoms with E-state index >= 15 is 0 Å². The van der Waals surface area contributed by atoms with Gasteiger partial charge in [0.2, 0.25) is 5.91 Å². The van der Waals surface area contributed by atoms with Gasteiger partial charge in [-0.15, -0.1) is 0 Å². The molecule has 1 atom stereocenters. The van der Waals surface area contributed by atoms with Crippen molar-refractivity contribution < 1.29 is 4.79 Å². The summed E-state index contributed by atoms with van der Waals surface area (Å²) in [7, 11) is 0. The van der Waals surface area contributed by atoms with Crippen LogP contribution in [0.25, 0.3) is 10.9 Å². The van der Waals surface area contributed by atoms with Crippen LogP contribution in [0.1, 0.15) is 51.9 Å². The van der Waals surface area contributed by atoms with Crippen molar-refractivity contribution in [2.24, 2.45) is 5.92 Å². The fourth-order valence-electron chi connectivity index (χ4n) is 3.98. The summed E-state index contributed by atoms with van der Waals surface area (Å²) in [6.45, 7) is 2.69. The summed E-state index contributed by atoms with van der Waals surface area (Å²) in [5.41, 5.74) is 2.12. The molecule has 2 aliphatic carbocycles. The van der Waals surface area contributed by atoms with Gasteiger partial charge in [0, 0.05) is 12.6 Å². The summed E-state index contributed by atoms with van der Waals surface area (Å²) in [5, 5.41) is 4.36. The molecule has 0 spiro atoms. The normalized spacial score (nSPS) is 17.8. The van der Waals surface area contributed by atoms with E-state index in [-0.39, 0.29) is 23.3 Å². The number of hydrogen-bond donors (Lipinski definition) is 1. The molecule has 1 heterocycles. The molecule has 0 saturated heterocycles. The molecular weight excluding hydrogens is 382 g/mol. The second-order valence-corrected chi connectivity index (χ2v) is 9.15.